The summed E-state index contributed by atoms with van der Waals surface area (Å²) in [5, 5.41) is 19.5. The maximum absolute atomic E-state index is 9.77. The van der Waals surface area contributed by atoms with Crippen molar-refractivity contribution >= 4 is 25.2 Å². The second-order valence-electron chi connectivity index (χ2n) is 3.66. The van der Waals surface area contributed by atoms with E-state index < -0.39 is 14.2 Å². The normalized spacial score (nSPS) is 10.0. The zero-order valence-electron chi connectivity index (χ0n) is 9.23. The molecule has 84 valence electrons. The first-order chi connectivity index (χ1) is 8.27. The molecule has 2 N–H and O–H groups in total. The second kappa shape index (κ2) is 5.68. The smallest absolute Gasteiger partial charge is 0.443 e. The van der Waals surface area contributed by atoms with Gasteiger partial charge in [0.05, 0.1) is 0 Å². The van der Waals surface area contributed by atoms with E-state index >= 15 is 0 Å². The van der Waals surface area contributed by atoms with Crippen molar-refractivity contribution in [2.45, 2.75) is 0 Å². The minimum Gasteiger partial charge on any atom is -0.443 e. The summed E-state index contributed by atoms with van der Waals surface area (Å²) < 4.78 is 5.13. The van der Waals surface area contributed by atoms with Crippen LogP contribution in [0.25, 0.3) is 0 Å². The Morgan fingerprint density at radius 3 is 1.35 bits per heavy atom. The van der Waals surface area contributed by atoms with Crippen LogP contribution < -0.4 is 10.9 Å². The highest BCUT2D eigenvalue weighted by molar-refractivity contribution is 6.73. The van der Waals surface area contributed by atoms with Crippen LogP contribution in [0.2, 0.25) is 0 Å². The van der Waals surface area contributed by atoms with E-state index in [0.717, 1.165) is 0 Å². The van der Waals surface area contributed by atoms with Gasteiger partial charge < -0.3 is 14.6 Å². The van der Waals surface area contributed by atoms with Crippen LogP contribution in [0.1, 0.15) is 0 Å². The van der Waals surface area contributed by atoms with Crippen LogP contribution in [0.4, 0.5) is 0 Å². The Morgan fingerprint density at radius 1 is 0.647 bits per heavy atom. The molecule has 0 atom stereocenters. The van der Waals surface area contributed by atoms with Gasteiger partial charge in [-0.1, -0.05) is 60.7 Å². The Kier molecular flexibility index (Phi) is 3.98. The average Bonchev–Trinajstić information content (AvgIpc) is 2.40. The maximum atomic E-state index is 9.77. The molecule has 2 aromatic carbocycles. The van der Waals surface area contributed by atoms with Crippen molar-refractivity contribution in [1.29, 1.82) is 0 Å². The Morgan fingerprint density at radius 2 is 1.00 bits per heavy atom. The molecule has 0 saturated heterocycles. The molecular formula is C12H12B2O3. The van der Waals surface area contributed by atoms with Crippen molar-refractivity contribution in [2.24, 2.45) is 0 Å². The molecular weight excluding hydrogens is 214 g/mol. The fourth-order valence-electron chi connectivity index (χ4n) is 1.51. The average molecular weight is 226 g/mol. The Balaban J connectivity index is 2.02. The van der Waals surface area contributed by atoms with E-state index in [-0.39, 0.29) is 0 Å². The largest absolute Gasteiger partial charge is 0.477 e. The lowest BCUT2D eigenvalue weighted by Crippen LogP contribution is -2.44. The third-order valence-corrected chi connectivity index (χ3v) is 2.43. The quantitative estimate of drug-likeness (QED) is 0.708. The van der Waals surface area contributed by atoms with E-state index in [9.17, 15) is 10.0 Å². The molecule has 3 nitrogen and oxygen atoms in total. The fraction of sp³-hybridized carbons (Fsp3) is 0. The minimum atomic E-state index is -1.13. The van der Waals surface area contributed by atoms with Gasteiger partial charge in [0.2, 0.25) is 0 Å². The van der Waals surface area contributed by atoms with E-state index in [0.29, 0.717) is 10.9 Å². The molecule has 0 radical (unpaired) electrons. The molecule has 0 fully saturated rings. The molecule has 17 heavy (non-hydrogen) atoms. The molecule has 0 aliphatic carbocycles. The maximum Gasteiger partial charge on any atom is 0.477 e. The van der Waals surface area contributed by atoms with Crippen molar-refractivity contribution in [1.82, 2.24) is 0 Å². The van der Waals surface area contributed by atoms with Gasteiger partial charge in [0, 0.05) is 0 Å². The molecule has 0 aliphatic rings. The number of benzene rings is 2. The topological polar surface area (TPSA) is 49.7 Å². The van der Waals surface area contributed by atoms with Crippen LogP contribution in [0.5, 0.6) is 0 Å². The van der Waals surface area contributed by atoms with Gasteiger partial charge in [-0.15, -0.1) is 0 Å². The zero-order valence-corrected chi connectivity index (χ0v) is 9.23. The highest BCUT2D eigenvalue weighted by atomic mass is 16.5. The summed E-state index contributed by atoms with van der Waals surface area (Å²) in [6.07, 6.45) is 0. The molecule has 0 bridgehead atoms. The molecule has 0 aromatic heterocycles. The molecule has 0 heterocycles. The first kappa shape index (κ1) is 11.9. The van der Waals surface area contributed by atoms with Crippen LogP contribution in [-0.2, 0) is 4.57 Å². The number of hydrogen-bond acceptors (Lipinski definition) is 3. The molecule has 2 rings (SSSR count). The Bertz CT molecular complexity index is 406. The lowest BCUT2D eigenvalue weighted by molar-refractivity contribution is 0.379. The summed E-state index contributed by atoms with van der Waals surface area (Å²) in [6, 6.07) is 17.9. The van der Waals surface area contributed by atoms with E-state index in [1.165, 1.54) is 0 Å². The zero-order chi connectivity index (χ0) is 12.1. The third kappa shape index (κ3) is 3.20. The third-order valence-electron chi connectivity index (χ3n) is 2.43. The predicted molar refractivity (Wildman–Crippen MR) is 69.2 cm³/mol. The lowest BCUT2D eigenvalue weighted by atomic mass is 9.71. The second-order valence-corrected chi connectivity index (χ2v) is 3.66. The van der Waals surface area contributed by atoms with Gasteiger partial charge in [0.25, 0.3) is 0 Å². The van der Waals surface area contributed by atoms with E-state index in [4.69, 9.17) is 4.57 Å². The van der Waals surface area contributed by atoms with Gasteiger partial charge in [-0.05, 0) is 10.9 Å². The van der Waals surface area contributed by atoms with Gasteiger partial charge in [-0.3, -0.25) is 0 Å². The fourth-order valence-corrected chi connectivity index (χ4v) is 1.51. The van der Waals surface area contributed by atoms with Crippen molar-refractivity contribution in [3.63, 3.8) is 0 Å². The van der Waals surface area contributed by atoms with Crippen LogP contribution in [0.15, 0.2) is 60.7 Å². The monoisotopic (exact) mass is 226 g/mol. The van der Waals surface area contributed by atoms with Crippen LogP contribution in [0, 0.1) is 0 Å². The summed E-state index contributed by atoms with van der Waals surface area (Å²) >= 11 is 0. The van der Waals surface area contributed by atoms with Crippen LogP contribution >= 0.6 is 0 Å². The van der Waals surface area contributed by atoms with Crippen molar-refractivity contribution in [2.75, 3.05) is 0 Å². The lowest BCUT2D eigenvalue weighted by Gasteiger charge is -2.11. The van der Waals surface area contributed by atoms with Gasteiger partial charge in [-0.25, -0.2) is 0 Å². The van der Waals surface area contributed by atoms with Gasteiger partial charge in [0.15, 0.2) is 0 Å². The summed E-state index contributed by atoms with van der Waals surface area (Å²) in [5.74, 6) is 0. The molecule has 0 aliphatic heterocycles. The highest BCUT2D eigenvalue weighted by Crippen LogP contribution is 1.92. The van der Waals surface area contributed by atoms with Crippen LogP contribution in [-0.4, -0.2) is 24.3 Å². The predicted octanol–water partition coefficient (Wildman–Crippen LogP) is -0.222. The number of hydrogen-bond donors (Lipinski definition) is 2. The minimum absolute atomic E-state index is 0.613. The first-order valence-electron chi connectivity index (χ1n) is 5.39. The standard InChI is InChI=1S/C12H12B2O3/c15-13(11-7-3-1-4-8-11)17-14(16)12-9-5-2-6-10-12/h1-10,15-16H. The van der Waals surface area contributed by atoms with Crippen molar-refractivity contribution < 1.29 is 14.6 Å². The van der Waals surface area contributed by atoms with E-state index in [1.807, 2.05) is 12.1 Å². The van der Waals surface area contributed by atoms with Crippen molar-refractivity contribution in [3.8, 4) is 0 Å². The van der Waals surface area contributed by atoms with Gasteiger partial charge in [-0.2, -0.15) is 0 Å². The summed E-state index contributed by atoms with van der Waals surface area (Å²) in [7, 11) is -2.27. The molecule has 0 saturated carbocycles. The highest BCUT2D eigenvalue weighted by Gasteiger charge is 2.25. The van der Waals surface area contributed by atoms with E-state index in [1.54, 1.807) is 48.5 Å². The Labute approximate surface area is 101 Å². The Hall–Kier alpha value is -1.55. The van der Waals surface area contributed by atoms with E-state index in [2.05, 4.69) is 0 Å². The molecule has 5 heteroatoms. The molecule has 2 aromatic rings. The number of rotatable bonds is 4. The first-order valence-corrected chi connectivity index (χ1v) is 5.39. The molecule has 0 unspecified atom stereocenters. The summed E-state index contributed by atoms with van der Waals surface area (Å²) in [5.41, 5.74) is 1.23. The van der Waals surface area contributed by atoms with Gasteiger partial charge >= 0.3 is 14.2 Å². The van der Waals surface area contributed by atoms with Gasteiger partial charge in [0.1, 0.15) is 0 Å². The summed E-state index contributed by atoms with van der Waals surface area (Å²) in [6.45, 7) is 0. The molecule has 0 amide bonds. The summed E-state index contributed by atoms with van der Waals surface area (Å²) in [4.78, 5) is 0. The van der Waals surface area contributed by atoms with Crippen molar-refractivity contribution in [3.05, 3.63) is 60.7 Å². The van der Waals surface area contributed by atoms with Crippen LogP contribution in [0.3, 0.4) is 0 Å². The SMILES string of the molecule is OB(OB(O)c1ccccc1)c1ccccc1. The molecule has 0 spiro atoms.